The van der Waals surface area contributed by atoms with Crippen LogP contribution in [-0.4, -0.2) is 34.3 Å². The number of halogens is 1. The Bertz CT molecular complexity index is 900. The average Bonchev–Trinajstić information content (AvgIpc) is 2.61. The minimum absolute atomic E-state index is 0.0255. The van der Waals surface area contributed by atoms with E-state index in [1.165, 1.54) is 48.9 Å². The zero-order chi connectivity index (χ0) is 18.2. The Labute approximate surface area is 145 Å². The maximum atomic E-state index is 13.5. The van der Waals surface area contributed by atoms with Crippen molar-refractivity contribution >= 4 is 15.7 Å². The van der Waals surface area contributed by atoms with Crippen molar-refractivity contribution in [3.8, 4) is 11.5 Å². The summed E-state index contributed by atoms with van der Waals surface area (Å²) in [7, 11) is -1.12. The standard InChI is InChI=1S/C17H18FNO5S/c1-23-12-4-6-17(16(10-12)24-2)25(21,22)19-8-7-15(20)13-9-11(18)3-5-14(13)19/h3-6,9-10,15,20H,7-8H2,1-2H3. The highest BCUT2D eigenvalue weighted by Gasteiger charge is 2.34. The molecule has 0 aliphatic carbocycles. The molecular weight excluding hydrogens is 349 g/mol. The summed E-state index contributed by atoms with van der Waals surface area (Å²) < 4.78 is 51.3. The van der Waals surface area contributed by atoms with Crippen molar-refractivity contribution in [3.63, 3.8) is 0 Å². The second kappa shape index (κ2) is 6.53. The molecule has 1 unspecified atom stereocenters. The van der Waals surface area contributed by atoms with Gasteiger partial charge in [0, 0.05) is 18.2 Å². The molecule has 1 atom stereocenters. The molecular formula is C17H18FNO5S. The fourth-order valence-electron chi connectivity index (χ4n) is 2.89. The smallest absolute Gasteiger partial charge is 0.268 e. The van der Waals surface area contributed by atoms with Gasteiger partial charge in [-0.3, -0.25) is 4.31 Å². The molecule has 2 aromatic carbocycles. The summed E-state index contributed by atoms with van der Waals surface area (Å²) in [6.07, 6.45) is -0.733. The number of aliphatic hydroxyl groups is 1. The maximum Gasteiger partial charge on any atom is 0.268 e. The monoisotopic (exact) mass is 367 g/mol. The molecule has 2 aromatic rings. The first-order valence-corrected chi connectivity index (χ1v) is 9.04. The van der Waals surface area contributed by atoms with E-state index in [1.807, 2.05) is 0 Å². The molecule has 3 rings (SSSR count). The number of fused-ring (bicyclic) bond motifs is 1. The molecule has 0 aromatic heterocycles. The Morgan fingerprint density at radius 3 is 2.60 bits per heavy atom. The van der Waals surface area contributed by atoms with Gasteiger partial charge in [-0.05, 0) is 36.8 Å². The van der Waals surface area contributed by atoms with Crippen molar-refractivity contribution in [3.05, 3.63) is 47.8 Å². The molecule has 0 spiro atoms. The van der Waals surface area contributed by atoms with Crippen LogP contribution < -0.4 is 13.8 Å². The third-order valence-corrected chi connectivity index (χ3v) is 6.01. The first kappa shape index (κ1) is 17.5. The summed E-state index contributed by atoms with van der Waals surface area (Å²) >= 11 is 0. The fourth-order valence-corrected chi connectivity index (χ4v) is 4.54. The Morgan fingerprint density at radius 2 is 1.92 bits per heavy atom. The first-order valence-electron chi connectivity index (χ1n) is 7.60. The number of sulfonamides is 1. The van der Waals surface area contributed by atoms with E-state index < -0.39 is 21.9 Å². The van der Waals surface area contributed by atoms with Gasteiger partial charge in [-0.25, -0.2) is 12.8 Å². The Hall–Kier alpha value is -2.32. The molecule has 134 valence electrons. The zero-order valence-corrected chi connectivity index (χ0v) is 14.6. The van der Waals surface area contributed by atoms with Gasteiger partial charge in [-0.1, -0.05) is 0 Å². The number of hydrogen-bond acceptors (Lipinski definition) is 5. The summed E-state index contributed by atoms with van der Waals surface area (Å²) in [5, 5.41) is 10.1. The molecule has 0 saturated carbocycles. The molecule has 0 bridgehead atoms. The molecule has 1 aliphatic rings. The molecule has 1 N–H and O–H groups in total. The van der Waals surface area contributed by atoms with Crippen molar-refractivity contribution in [1.29, 1.82) is 0 Å². The second-order valence-electron chi connectivity index (χ2n) is 5.60. The summed E-state index contributed by atoms with van der Waals surface area (Å²) in [6, 6.07) is 8.11. The van der Waals surface area contributed by atoms with E-state index in [0.29, 0.717) is 5.75 Å². The number of nitrogens with zero attached hydrogens (tertiary/aromatic N) is 1. The van der Waals surface area contributed by atoms with Crippen molar-refractivity contribution in [2.45, 2.75) is 17.4 Å². The van der Waals surface area contributed by atoms with Crippen LogP contribution in [0.1, 0.15) is 18.1 Å². The topological polar surface area (TPSA) is 76.1 Å². The predicted octanol–water partition coefficient (Wildman–Crippen LogP) is 2.48. The number of anilines is 1. The van der Waals surface area contributed by atoms with Gasteiger partial charge in [0.2, 0.25) is 0 Å². The molecule has 8 heteroatoms. The zero-order valence-electron chi connectivity index (χ0n) is 13.8. The van der Waals surface area contributed by atoms with E-state index in [1.54, 1.807) is 0 Å². The van der Waals surface area contributed by atoms with Crippen LogP contribution in [0.25, 0.3) is 0 Å². The lowest BCUT2D eigenvalue weighted by molar-refractivity contribution is 0.166. The summed E-state index contributed by atoms with van der Waals surface area (Å²) in [5.74, 6) is 0.0838. The van der Waals surface area contributed by atoms with Crippen molar-refractivity contribution < 1.29 is 27.4 Å². The molecule has 0 amide bonds. The molecule has 6 nitrogen and oxygen atoms in total. The van der Waals surface area contributed by atoms with Crippen LogP contribution in [0.2, 0.25) is 0 Å². The maximum absolute atomic E-state index is 13.5. The molecule has 25 heavy (non-hydrogen) atoms. The van der Waals surface area contributed by atoms with E-state index in [4.69, 9.17) is 9.47 Å². The van der Waals surface area contributed by atoms with Crippen LogP contribution in [0.4, 0.5) is 10.1 Å². The third-order valence-electron chi connectivity index (χ3n) is 4.16. The lowest BCUT2D eigenvalue weighted by atomic mass is 10.0. The summed E-state index contributed by atoms with van der Waals surface area (Å²) in [4.78, 5) is -0.0255. The Balaban J connectivity index is 2.12. The SMILES string of the molecule is COc1ccc(S(=O)(=O)N2CCC(O)c3cc(F)ccc32)c(OC)c1. The normalized spacial score (nSPS) is 17.1. The minimum atomic E-state index is -3.96. The van der Waals surface area contributed by atoms with Crippen LogP contribution in [0.3, 0.4) is 0 Å². The third kappa shape index (κ3) is 3.03. The number of methoxy groups -OCH3 is 2. The molecule has 1 aliphatic heterocycles. The van der Waals surface area contributed by atoms with Crippen LogP contribution in [-0.2, 0) is 10.0 Å². The minimum Gasteiger partial charge on any atom is -0.497 e. The van der Waals surface area contributed by atoms with Gasteiger partial charge in [0.25, 0.3) is 10.0 Å². The van der Waals surface area contributed by atoms with E-state index in [0.717, 1.165) is 6.07 Å². The Kier molecular flexibility index (Phi) is 4.57. The molecule has 0 radical (unpaired) electrons. The lowest BCUT2D eigenvalue weighted by Gasteiger charge is -2.33. The van der Waals surface area contributed by atoms with Crippen LogP contribution in [0, 0.1) is 5.82 Å². The van der Waals surface area contributed by atoms with Crippen LogP contribution in [0.15, 0.2) is 41.3 Å². The van der Waals surface area contributed by atoms with Gasteiger partial charge in [-0.2, -0.15) is 0 Å². The van der Waals surface area contributed by atoms with Crippen LogP contribution in [0.5, 0.6) is 11.5 Å². The van der Waals surface area contributed by atoms with Gasteiger partial charge in [0.05, 0.1) is 26.0 Å². The largest absolute Gasteiger partial charge is 0.497 e. The van der Waals surface area contributed by atoms with Crippen molar-refractivity contribution in [2.24, 2.45) is 0 Å². The van der Waals surface area contributed by atoms with Gasteiger partial charge in [-0.15, -0.1) is 0 Å². The van der Waals surface area contributed by atoms with Crippen molar-refractivity contribution in [1.82, 2.24) is 0 Å². The summed E-state index contributed by atoms with van der Waals surface area (Å²) in [5.41, 5.74) is 0.514. The lowest BCUT2D eigenvalue weighted by Crippen LogP contribution is -2.37. The fraction of sp³-hybridized carbons (Fsp3) is 0.294. The van der Waals surface area contributed by atoms with Gasteiger partial charge < -0.3 is 14.6 Å². The first-order chi connectivity index (χ1) is 11.9. The number of aliphatic hydroxyl groups excluding tert-OH is 1. The number of ether oxygens (including phenoxy) is 2. The van der Waals surface area contributed by atoms with Gasteiger partial charge in [0.1, 0.15) is 22.2 Å². The highest BCUT2D eigenvalue weighted by atomic mass is 32.2. The van der Waals surface area contributed by atoms with Gasteiger partial charge >= 0.3 is 0 Å². The number of hydrogen-bond donors (Lipinski definition) is 1. The van der Waals surface area contributed by atoms with E-state index >= 15 is 0 Å². The average molecular weight is 367 g/mol. The number of rotatable bonds is 4. The highest BCUT2D eigenvalue weighted by molar-refractivity contribution is 7.93. The molecule has 0 saturated heterocycles. The highest BCUT2D eigenvalue weighted by Crippen LogP contribution is 2.39. The van der Waals surface area contributed by atoms with E-state index in [2.05, 4.69) is 0 Å². The number of benzene rings is 2. The van der Waals surface area contributed by atoms with E-state index in [9.17, 15) is 17.9 Å². The van der Waals surface area contributed by atoms with Gasteiger partial charge in [0.15, 0.2) is 0 Å². The van der Waals surface area contributed by atoms with E-state index in [-0.39, 0.29) is 34.9 Å². The molecule has 0 fully saturated rings. The van der Waals surface area contributed by atoms with Crippen molar-refractivity contribution in [2.75, 3.05) is 25.1 Å². The Morgan fingerprint density at radius 1 is 1.16 bits per heavy atom. The summed E-state index contributed by atoms with van der Waals surface area (Å²) in [6.45, 7) is 0.0807. The quantitative estimate of drug-likeness (QED) is 0.898. The van der Waals surface area contributed by atoms with Crippen LogP contribution >= 0.6 is 0 Å². The molecule has 1 heterocycles. The second-order valence-corrected chi connectivity index (χ2v) is 7.43. The predicted molar refractivity (Wildman–Crippen MR) is 90.1 cm³/mol.